The maximum absolute atomic E-state index is 12.6. The van der Waals surface area contributed by atoms with Crippen LogP contribution in [0.15, 0.2) is 36.5 Å². The number of amides is 1. The fourth-order valence-electron chi connectivity index (χ4n) is 2.65. The lowest BCUT2D eigenvalue weighted by molar-refractivity contribution is 0.102. The van der Waals surface area contributed by atoms with Crippen molar-refractivity contribution in [3.8, 4) is 0 Å². The fraction of sp³-hybridized carbons (Fsp3) is 0.176. The van der Waals surface area contributed by atoms with E-state index in [0.717, 1.165) is 16.8 Å². The summed E-state index contributed by atoms with van der Waals surface area (Å²) in [5.41, 5.74) is 4.85. The van der Waals surface area contributed by atoms with Gasteiger partial charge in [0.2, 0.25) is 0 Å². The number of nitrogens with one attached hydrogen (secondary N) is 1. The summed E-state index contributed by atoms with van der Waals surface area (Å²) in [6.45, 7) is 5.82. The van der Waals surface area contributed by atoms with E-state index in [2.05, 4.69) is 16.4 Å². The van der Waals surface area contributed by atoms with Gasteiger partial charge in [0, 0.05) is 23.0 Å². The van der Waals surface area contributed by atoms with Gasteiger partial charge in [-0.05, 0) is 50.1 Å². The average molecular weight is 314 g/mol. The number of carbonyl (C=O) groups excluding carboxylic acids is 1. The van der Waals surface area contributed by atoms with Gasteiger partial charge in [-0.2, -0.15) is 0 Å². The maximum Gasteiger partial charge on any atom is 0.274 e. The Bertz CT molecular complexity index is 863. The Hall–Kier alpha value is -2.33. The number of carbonyl (C=O) groups is 1. The first-order chi connectivity index (χ1) is 10.4. The van der Waals surface area contributed by atoms with Crippen molar-refractivity contribution in [2.75, 3.05) is 5.32 Å². The number of benzene rings is 1. The molecule has 0 saturated heterocycles. The van der Waals surface area contributed by atoms with Crippen LogP contribution in [0.25, 0.3) is 5.65 Å². The number of aryl methyl sites for hydroxylation is 3. The number of aromatic nitrogens is 2. The molecule has 2 heterocycles. The summed E-state index contributed by atoms with van der Waals surface area (Å²) in [5, 5.41) is 3.54. The molecule has 1 aromatic carbocycles. The minimum Gasteiger partial charge on any atom is -0.321 e. The molecule has 0 bridgehead atoms. The Morgan fingerprint density at radius 1 is 1.14 bits per heavy atom. The van der Waals surface area contributed by atoms with Gasteiger partial charge in [-0.3, -0.25) is 9.20 Å². The highest BCUT2D eigenvalue weighted by molar-refractivity contribution is 6.30. The summed E-state index contributed by atoms with van der Waals surface area (Å²) < 4.78 is 1.75. The SMILES string of the molecule is Cc1cc(C)cc(NC(=O)c2c(C)nc3cc(Cl)ccn23)c1. The van der Waals surface area contributed by atoms with Crippen molar-refractivity contribution in [2.24, 2.45) is 0 Å². The van der Waals surface area contributed by atoms with Gasteiger partial charge in [0.05, 0.1) is 5.69 Å². The Morgan fingerprint density at radius 2 is 1.82 bits per heavy atom. The number of imidazole rings is 1. The molecule has 3 rings (SSSR count). The smallest absolute Gasteiger partial charge is 0.274 e. The van der Waals surface area contributed by atoms with Crippen molar-refractivity contribution in [1.82, 2.24) is 9.38 Å². The average Bonchev–Trinajstić information content (AvgIpc) is 2.72. The topological polar surface area (TPSA) is 46.4 Å². The highest BCUT2D eigenvalue weighted by atomic mass is 35.5. The first-order valence-corrected chi connectivity index (χ1v) is 7.36. The van der Waals surface area contributed by atoms with Gasteiger partial charge in [-0.25, -0.2) is 4.98 Å². The van der Waals surface area contributed by atoms with Crippen LogP contribution in [-0.4, -0.2) is 15.3 Å². The van der Waals surface area contributed by atoms with E-state index < -0.39 is 0 Å². The van der Waals surface area contributed by atoms with E-state index in [1.54, 1.807) is 22.7 Å². The quantitative estimate of drug-likeness (QED) is 0.772. The minimum atomic E-state index is -0.183. The number of fused-ring (bicyclic) bond motifs is 1. The van der Waals surface area contributed by atoms with Crippen LogP contribution in [-0.2, 0) is 0 Å². The lowest BCUT2D eigenvalue weighted by Crippen LogP contribution is -2.15. The van der Waals surface area contributed by atoms with Crippen molar-refractivity contribution in [2.45, 2.75) is 20.8 Å². The van der Waals surface area contributed by atoms with E-state index in [1.807, 2.05) is 32.9 Å². The van der Waals surface area contributed by atoms with Gasteiger partial charge >= 0.3 is 0 Å². The molecule has 0 saturated carbocycles. The van der Waals surface area contributed by atoms with Crippen molar-refractivity contribution in [1.29, 1.82) is 0 Å². The van der Waals surface area contributed by atoms with Crippen LogP contribution in [0.3, 0.4) is 0 Å². The highest BCUT2D eigenvalue weighted by Gasteiger charge is 2.17. The predicted octanol–water partition coefficient (Wildman–Crippen LogP) is 4.17. The lowest BCUT2D eigenvalue weighted by Gasteiger charge is -2.08. The largest absolute Gasteiger partial charge is 0.321 e. The maximum atomic E-state index is 12.6. The summed E-state index contributed by atoms with van der Waals surface area (Å²) in [6, 6.07) is 9.43. The lowest BCUT2D eigenvalue weighted by atomic mass is 10.1. The van der Waals surface area contributed by atoms with Gasteiger partial charge in [-0.15, -0.1) is 0 Å². The number of hydrogen-bond acceptors (Lipinski definition) is 2. The standard InChI is InChI=1S/C17H16ClN3O/c1-10-6-11(2)8-14(7-10)20-17(22)16-12(3)19-15-9-13(18)4-5-21(15)16/h4-9H,1-3H3,(H,20,22). The summed E-state index contributed by atoms with van der Waals surface area (Å²) >= 11 is 5.97. The zero-order valence-electron chi connectivity index (χ0n) is 12.6. The molecule has 1 amide bonds. The van der Waals surface area contributed by atoms with Crippen molar-refractivity contribution >= 4 is 28.8 Å². The molecule has 0 aliphatic heterocycles. The van der Waals surface area contributed by atoms with Crippen LogP contribution in [0, 0.1) is 20.8 Å². The molecular formula is C17H16ClN3O. The molecule has 22 heavy (non-hydrogen) atoms. The Kier molecular flexibility index (Phi) is 3.62. The van der Waals surface area contributed by atoms with Crippen LogP contribution in [0.2, 0.25) is 5.02 Å². The summed E-state index contributed by atoms with van der Waals surface area (Å²) in [6.07, 6.45) is 1.76. The number of rotatable bonds is 2. The van der Waals surface area contributed by atoms with Crippen molar-refractivity contribution < 1.29 is 4.79 Å². The number of halogens is 1. The van der Waals surface area contributed by atoms with Crippen LogP contribution >= 0.6 is 11.6 Å². The van der Waals surface area contributed by atoms with Gasteiger partial charge in [-0.1, -0.05) is 17.7 Å². The van der Waals surface area contributed by atoms with Gasteiger partial charge in [0.25, 0.3) is 5.91 Å². The molecule has 2 aromatic heterocycles. The molecule has 0 spiro atoms. The monoisotopic (exact) mass is 313 g/mol. The van der Waals surface area contributed by atoms with Crippen molar-refractivity contribution in [3.05, 3.63) is 64.1 Å². The Balaban J connectivity index is 2.00. The summed E-state index contributed by atoms with van der Waals surface area (Å²) in [7, 11) is 0. The molecule has 0 unspecified atom stereocenters. The Morgan fingerprint density at radius 3 is 2.50 bits per heavy atom. The molecule has 112 valence electrons. The zero-order valence-corrected chi connectivity index (χ0v) is 13.4. The van der Waals surface area contributed by atoms with E-state index in [1.165, 1.54) is 0 Å². The highest BCUT2D eigenvalue weighted by Crippen LogP contribution is 2.19. The molecule has 0 aliphatic carbocycles. The molecular weight excluding hydrogens is 298 g/mol. The molecule has 0 radical (unpaired) electrons. The second kappa shape index (κ2) is 5.46. The third-order valence-electron chi connectivity index (χ3n) is 3.46. The van der Waals surface area contributed by atoms with E-state index >= 15 is 0 Å². The van der Waals surface area contributed by atoms with Crippen LogP contribution in [0.5, 0.6) is 0 Å². The van der Waals surface area contributed by atoms with Gasteiger partial charge in [0.15, 0.2) is 0 Å². The fourth-order valence-corrected chi connectivity index (χ4v) is 2.80. The molecule has 5 heteroatoms. The first kappa shape index (κ1) is 14.6. The Labute approximate surface area is 133 Å². The number of pyridine rings is 1. The second-order valence-corrected chi connectivity index (χ2v) is 5.89. The second-order valence-electron chi connectivity index (χ2n) is 5.45. The van der Waals surface area contributed by atoms with Gasteiger partial charge in [0.1, 0.15) is 11.3 Å². The van der Waals surface area contributed by atoms with E-state index in [0.29, 0.717) is 22.1 Å². The first-order valence-electron chi connectivity index (χ1n) is 6.98. The normalized spacial score (nSPS) is 10.9. The molecule has 1 N–H and O–H groups in total. The van der Waals surface area contributed by atoms with Crippen LogP contribution < -0.4 is 5.32 Å². The van der Waals surface area contributed by atoms with Gasteiger partial charge < -0.3 is 5.32 Å². The summed E-state index contributed by atoms with van der Waals surface area (Å²) in [4.78, 5) is 17.0. The molecule has 0 aliphatic rings. The number of hydrogen-bond donors (Lipinski definition) is 1. The number of anilines is 1. The third kappa shape index (κ3) is 2.70. The predicted molar refractivity (Wildman–Crippen MR) is 88.8 cm³/mol. The zero-order chi connectivity index (χ0) is 15.9. The number of nitrogens with zero attached hydrogens (tertiary/aromatic N) is 2. The van der Waals surface area contributed by atoms with E-state index in [4.69, 9.17) is 11.6 Å². The van der Waals surface area contributed by atoms with E-state index in [9.17, 15) is 4.79 Å². The molecule has 0 fully saturated rings. The minimum absolute atomic E-state index is 0.183. The molecule has 0 atom stereocenters. The summed E-state index contributed by atoms with van der Waals surface area (Å²) in [5.74, 6) is -0.183. The van der Waals surface area contributed by atoms with E-state index in [-0.39, 0.29) is 5.91 Å². The third-order valence-corrected chi connectivity index (χ3v) is 3.69. The van der Waals surface area contributed by atoms with Crippen LogP contribution in [0.4, 0.5) is 5.69 Å². The van der Waals surface area contributed by atoms with Crippen LogP contribution in [0.1, 0.15) is 27.3 Å². The molecule has 3 aromatic rings. The molecule has 4 nitrogen and oxygen atoms in total. The van der Waals surface area contributed by atoms with Crippen molar-refractivity contribution in [3.63, 3.8) is 0 Å².